The number of piperidine rings is 1. The Labute approximate surface area is 175 Å². The highest BCUT2D eigenvalue weighted by Gasteiger charge is 2.32. The Bertz CT molecular complexity index is 601. The molecule has 1 aliphatic rings. The molecule has 1 aromatic rings. The molecule has 154 valence electrons. The van der Waals surface area contributed by atoms with E-state index >= 15 is 0 Å². The van der Waals surface area contributed by atoms with Crippen molar-refractivity contribution >= 4 is 35.9 Å². The van der Waals surface area contributed by atoms with Gasteiger partial charge in [-0.1, -0.05) is 13.8 Å². The lowest BCUT2D eigenvalue weighted by molar-refractivity contribution is -0.141. The number of hydrogen-bond donors (Lipinski definition) is 2. The van der Waals surface area contributed by atoms with Crippen LogP contribution in [-0.4, -0.2) is 53.6 Å². The third-order valence-corrected chi connectivity index (χ3v) is 4.11. The minimum atomic E-state index is -4.47. The maximum atomic E-state index is 12.7. The molecule has 1 aliphatic heterocycles. The van der Waals surface area contributed by atoms with Crippen LogP contribution < -0.4 is 10.6 Å². The predicted octanol–water partition coefficient (Wildman–Crippen LogP) is 3.47. The lowest BCUT2D eigenvalue weighted by Gasteiger charge is -2.37. The van der Waals surface area contributed by atoms with Crippen molar-refractivity contribution < 1.29 is 13.2 Å². The molecule has 1 aromatic heterocycles. The first-order valence-corrected chi connectivity index (χ1v) is 8.97. The maximum Gasteiger partial charge on any atom is 0.433 e. The summed E-state index contributed by atoms with van der Waals surface area (Å²) in [4.78, 5) is 14.1. The van der Waals surface area contributed by atoms with Gasteiger partial charge in [-0.3, -0.25) is 4.99 Å². The summed E-state index contributed by atoms with van der Waals surface area (Å²) in [7, 11) is 0. The van der Waals surface area contributed by atoms with Crippen LogP contribution in [0.25, 0.3) is 0 Å². The number of nitrogens with zero attached hydrogens (tertiary/aromatic N) is 4. The highest BCUT2D eigenvalue weighted by molar-refractivity contribution is 14.0. The highest BCUT2D eigenvalue weighted by atomic mass is 127. The lowest BCUT2D eigenvalue weighted by Crippen LogP contribution is -2.48. The van der Waals surface area contributed by atoms with Crippen LogP contribution >= 0.6 is 24.0 Å². The van der Waals surface area contributed by atoms with Gasteiger partial charge in [0.25, 0.3) is 0 Å². The second kappa shape index (κ2) is 10.9. The van der Waals surface area contributed by atoms with E-state index in [1.165, 1.54) is 6.42 Å². The first-order valence-electron chi connectivity index (χ1n) is 8.97. The largest absolute Gasteiger partial charge is 0.433 e. The summed E-state index contributed by atoms with van der Waals surface area (Å²) in [5, 5.41) is 6.09. The van der Waals surface area contributed by atoms with Gasteiger partial charge in [0.1, 0.15) is 5.69 Å². The van der Waals surface area contributed by atoms with Crippen LogP contribution in [0.1, 0.15) is 32.9 Å². The van der Waals surface area contributed by atoms with Crippen LogP contribution in [0.3, 0.4) is 0 Å². The second-order valence-corrected chi connectivity index (χ2v) is 6.78. The summed E-state index contributed by atoms with van der Waals surface area (Å²) >= 11 is 0. The number of halogens is 4. The summed E-state index contributed by atoms with van der Waals surface area (Å²) in [6.45, 7) is 9.94. The van der Waals surface area contributed by atoms with Crippen molar-refractivity contribution in [3.8, 4) is 0 Å². The number of hydrogen-bond acceptors (Lipinski definition) is 4. The van der Waals surface area contributed by atoms with Gasteiger partial charge in [-0.2, -0.15) is 13.2 Å². The molecular formula is C17H28F3IN6. The normalized spacial score (nSPS) is 20.8. The zero-order chi connectivity index (χ0) is 19.2. The number of aromatic nitrogens is 2. The van der Waals surface area contributed by atoms with E-state index in [9.17, 15) is 13.2 Å². The molecule has 0 amide bonds. The Hall–Kier alpha value is -1.33. The first kappa shape index (κ1) is 23.7. The molecule has 0 aromatic carbocycles. The fourth-order valence-electron chi connectivity index (χ4n) is 3.19. The van der Waals surface area contributed by atoms with E-state index in [1.807, 2.05) is 6.92 Å². The highest BCUT2D eigenvalue weighted by Crippen LogP contribution is 2.27. The Morgan fingerprint density at radius 3 is 2.56 bits per heavy atom. The van der Waals surface area contributed by atoms with Gasteiger partial charge in [0.2, 0.25) is 5.95 Å². The minimum Gasteiger partial charge on any atom is -0.357 e. The fraction of sp³-hybridized carbons (Fsp3) is 0.706. The van der Waals surface area contributed by atoms with E-state index in [0.717, 1.165) is 37.9 Å². The number of aliphatic imine (C=N–C) groups is 1. The molecule has 2 unspecified atom stereocenters. The third-order valence-electron chi connectivity index (χ3n) is 4.11. The SMILES string of the molecule is CCNC(=NCCNc1nccc(C(F)(F)F)n1)N1CC(C)CC(C)C1.I. The standard InChI is InChI=1S/C17H27F3N6.HI/c1-4-21-16(26-10-12(2)9-13(3)11-26)24-8-7-23-15-22-6-5-14(25-15)17(18,19)20;/h5-6,12-13H,4,7-11H2,1-3H3,(H,21,24)(H,22,23,25);1H. The average molecular weight is 500 g/mol. The molecule has 10 heteroatoms. The zero-order valence-electron chi connectivity index (χ0n) is 15.9. The molecule has 2 heterocycles. The summed E-state index contributed by atoms with van der Waals surface area (Å²) in [5.41, 5.74) is -0.955. The van der Waals surface area contributed by atoms with Crippen molar-refractivity contribution in [3.05, 3.63) is 18.0 Å². The average Bonchev–Trinajstić information content (AvgIpc) is 2.56. The van der Waals surface area contributed by atoms with Crippen LogP contribution in [0.5, 0.6) is 0 Å². The van der Waals surface area contributed by atoms with Crippen molar-refractivity contribution in [2.45, 2.75) is 33.4 Å². The van der Waals surface area contributed by atoms with Crippen molar-refractivity contribution in [2.24, 2.45) is 16.8 Å². The maximum absolute atomic E-state index is 12.7. The molecule has 0 saturated carbocycles. The Balaban J connectivity index is 0.00000364. The van der Waals surface area contributed by atoms with Crippen molar-refractivity contribution in [3.63, 3.8) is 0 Å². The van der Waals surface area contributed by atoms with Gasteiger partial charge in [-0.05, 0) is 31.2 Å². The number of alkyl halides is 3. The van der Waals surface area contributed by atoms with E-state index in [1.54, 1.807) is 0 Å². The van der Waals surface area contributed by atoms with Crippen molar-refractivity contribution in [1.82, 2.24) is 20.2 Å². The molecule has 0 spiro atoms. The summed E-state index contributed by atoms with van der Waals surface area (Å²) < 4.78 is 38.0. The topological polar surface area (TPSA) is 65.4 Å². The van der Waals surface area contributed by atoms with Crippen LogP contribution in [-0.2, 0) is 6.18 Å². The van der Waals surface area contributed by atoms with Gasteiger partial charge in [0.05, 0.1) is 6.54 Å². The number of nitrogens with one attached hydrogen (secondary N) is 2. The molecular weight excluding hydrogens is 472 g/mol. The summed E-state index contributed by atoms with van der Waals surface area (Å²) in [6, 6.07) is 0.852. The van der Waals surface area contributed by atoms with E-state index in [2.05, 4.69) is 44.3 Å². The fourth-order valence-corrected chi connectivity index (χ4v) is 3.19. The molecule has 2 N–H and O–H groups in total. The number of rotatable bonds is 5. The molecule has 0 bridgehead atoms. The molecule has 0 aliphatic carbocycles. The van der Waals surface area contributed by atoms with Crippen LogP contribution in [0.2, 0.25) is 0 Å². The number of anilines is 1. The molecule has 0 radical (unpaired) electrons. The van der Waals surface area contributed by atoms with Crippen LogP contribution in [0, 0.1) is 11.8 Å². The molecule has 2 rings (SSSR count). The zero-order valence-corrected chi connectivity index (χ0v) is 18.2. The van der Waals surface area contributed by atoms with E-state index in [0.29, 0.717) is 24.9 Å². The predicted molar refractivity (Wildman–Crippen MR) is 111 cm³/mol. The Kier molecular flexibility index (Phi) is 9.54. The summed E-state index contributed by atoms with van der Waals surface area (Å²) in [5.74, 6) is 2.02. The molecule has 27 heavy (non-hydrogen) atoms. The van der Waals surface area contributed by atoms with Gasteiger partial charge in [-0.15, -0.1) is 24.0 Å². The second-order valence-electron chi connectivity index (χ2n) is 6.78. The Morgan fingerprint density at radius 2 is 1.96 bits per heavy atom. The first-order chi connectivity index (χ1) is 12.3. The van der Waals surface area contributed by atoms with E-state index in [-0.39, 0.29) is 29.9 Å². The third kappa shape index (κ3) is 7.67. The summed E-state index contributed by atoms with van der Waals surface area (Å²) in [6.07, 6.45) is -2.16. The van der Waals surface area contributed by atoms with Gasteiger partial charge in [0, 0.05) is 32.4 Å². The van der Waals surface area contributed by atoms with Gasteiger partial charge >= 0.3 is 6.18 Å². The quantitative estimate of drug-likeness (QED) is 0.281. The molecule has 1 fully saturated rings. The molecule has 2 atom stereocenters. The molecule has 1 saturated heterocycles. The minimum absolute atomic E-state index is 0. The van der Waals surface area contributed by atoms with Gasteiger partial charge in [0.15, 0.2) is 5.96 Å². The molecule has 6 nitrogen and oxygen atoms in total. The smallest absolute Gasteiger partial charge is 0.357 e. The van der Waals surface area contributed by atoms with E-state index < -0.39 is 11.9 Å². The van der Waals surface area contributed by atoms with Crippen LogP contribution in [0.15, 0.2) is 17.3 Å². The van der Waals surface area contributed by atoms with Crippen molar-refractivity contribution in [2.75, 3.05) is 38.0 Å². The van der Waals surface area contributed by atoms with Crippen molar-refractivity contribution in [1.29, 1.82) is 0 Å². The monoisotopic (exact) mass is 500 g/mol. The Morgan fingerprint density at radius 1 is 1.30 bits per heavy atom. The lowest BCUT2D eigenvalue weighted by atomic mass is 9.92. The number of guanidine groups is 1. The van der Waals surface area contributed by atoms with Crippen LogP contribution in [0.4, 0.5) is 19.1 Å². The van der Waals surface area contributed by atoms with E-state index in [4.69, 9.17) is 0 Å². The van der Waals surface area contributed by atoms with Gasteiger partial charge < -0.3 is 15.5 Å². The number of likely N-dealkylation sites (tertiary alicyclic amines) is 1. The van der Waals surface area contributed by atoms with Gasteiger partial charge in [-0.25, -0.2) is 9.97 Å².